The Bertz CT molecular complexity index is 1520. The molecule has 0 radical (unpaired) electrons. The van der Waals surface area contributed by atoms with E-state index in [0.717, 1.165) is 0 Å². The van der Waals surface area contributed by atoms with Gasteiger partial charge in [0.1, 0.15) is 5.82 Å². The maximum atomic E-state index is 13.5. The van der Waals surface area contributed by atoms with Gasteiger partial charge in [0, 0.05) is 13.0 Å². The monoisotopic (exact) mass is 481 g/mol. The highest BCUT2D eigenvalue weighted by Gasteiger charge is 2.34. The molecule has 0 saturated carbocycles. The molecular weight excluding hydrogens is 458 g/mol. The lowest BCUT2D eigenvalue weighted by Gasteiger charge is -2.16. The normalized spacial score (nSPS) is 12.8. The molecule has 0 atom stereocenters. The summed E-state index contributed by atoms with van der Waals surface area (Å²) in [7, 11) is 0. The van der Waals surface area contributed by atoms with Gasteiger partial charge in [0.2, 0.25) is 0 Å². The number of carbonyl (C=O) groups excluding carboxylic acids is 3. The fourth-order valence-electron chi connectivity index (χ4n) is 4.41. The number of hydrogen-bond donors (Lipinski definition) is 0. The largest absolute Gasteiger partial charge is 0.462 e. The van der Waals surface area contributed by atoms with E-state index in [1.807, 2.05) is 6.07 Å². The molecular formula is C28H23N3O5. The van der Waals surface area contributed by atoms with Crippen LogP contribution in [0.4, 0.5) is 0 Å². The van der Waals surface area contributed by atoms with Crippen molar-refractivity contribution in [1.82, 2.24) is 14.5 Å². The minimum atomic E-state index is -0.436. The second-order valence-electron chi connectivity index (χ2n) is 8.36. The summed E-state index contributed by atoms with van der Waals surface area (Å²) in [6.45, 7) is 2.21. The van der Waals surface area contributed by atoms with Crippen molar-refractivity contribution in [3.63, 3.8) is 0 Å². The number of aryl methyl sites for hydroxylation is 1. The molecule has 1 aliphatic rings. The van der Waals surface area contributed by atoms with E-state index in [1.54, 1.807) is 73.7 Å². The first kappa shape index (κ1) is 23.2. The van der Waals surface area contributed by atoms with Gasteiger partial charge in [-0.05, 0) is 61.9 Å². The van der Waals surface area contributed by atoms with Crippen LogP contribution in [0, 0.1) is 0 Å². The molecule has 0 unspecified atom stereocenters. The Morgan fingerprint density at radius 1 is 0.861 bits per heavy atom. The molecule has 0 saturated heterocycles. The van der Waals surface area contributed by atoms with Crippen molar-refractivity contribution < 1.29 is 19.1 Å². The van der Waals surface area contributed by atoms with E-state index in [4.69, 9.17) is 9.72 Å². The van der Waals surface area contributed by atoms with Crippen LogP contribution in [0.5, 0.6) is 0 Å². The van der Waals surface area contributed by atoms with Crippen LogP contribution in [0.2, 0.25) is 0 Å². The van der Waals surface area contributed by atoms with Gasteiger partial charge in [-0.25, -0.2) is 9.78 Å². The van der Waals surface area contributed by atoms with Crippen LogP contribution < -0.4 is 5.56 Å². The molecule has 8 heteroatoms. The average Bonchev–Trinajstić information content (AvgIpc) is 3.14. The highest BCUT2D eigenvalue weighted by atomic mass is 16.5. The summed E-state index contributed by atoms with van der Waals surface area (Å²) in [5.74, 6) is -0.559. The number of imide groups is 1. The molecule has 0 aliphatic carbocycles. The standard InChI is InChI=1S/C28H23N3O5/c1-2-36-28(35)18-13-15-19(16-14-18)31-24(29-23-11-6-5-10-22(23)27(31)34)12-7-17-30-25(32)20-8-3-4-9-21(20)26(30)33/h3-6,8-11,13-16H,2,7,12,17H2,1H3. The SMILES string of the molecule is CCOC(=O)c1ccc(-n2c(CCCN3C(=O)c4ccccc4C3=O)nc3ccccc3c2=O)cc1. The van der Waals surface area contributed by atoms with E-state index in [2.05, 4.69) is 0 Å². The van der Waals surface area contributed by atoms with Crippen molar-refractivity contribution in [2.24, 2.45) is 0 Å². The zero-order valence-electron chi connectivity index (χ0n) is 19.6. The molecule has 1 aromatic heterocycles. The first-order valence-corrected chi connectivity index (χ1v) is 11.7. The van der Waals surface area contributed by atoms with Gasteiger partial charge in [-0.2, -0.15) is 0 Å². The Balaban J connectivity index is 1.45. The molecule has 180 valence electrons. The Kier molecular flexibility index (Phi) is 6.16. The van der Waals surface area contributed by atoms with Gasteiger partial charge in [-0.15, -0.1) is 0 Å². The molecule has 8 nitrogen and oxygen atoms in total. The maximum absolute atomic E-state index is 13.5. The number of carbonyl (C=O) groups is 3. The van der Waals surface area contributed by atoms with Crippen molar-refractivity contribution in [2.75, 3.05) is 13.2 Å². The number of para-hydroxylation sites is 1. The third-order valence-electron chi connectivity index (χ3n) is 6.14. The van der Waals surface area contributed by atoms with Gasteiger partial charge in [0.05, 0.1) is 39.9 Å². The summed E-state index contributed by atoms with van der Waals surface area (Å²) in [5, 5.41) is 0.469. The van der Waals surface area contributed by atoms with Crippen molar-refractivity contribution >= 4 is 28.7 Å². The number of benzene rings is 3. The second kappa shape index (κ2) is 9.58. The minimum absolute atomic E-state index is 0.205. The molecule has 0 fully saturated rings. The fourth-order valence-corrected chi connectivity index (χ4v) is 4.41. The topological polar surface area (TPSA) is 98.6 Å². The molecule has 0 N–H and O–H groups in total. The van der Waals surface area contributed by atoms with E-state index < -0.39 is 5.97 Å². The number of fused-ring (bicyclic) bond motifs is 2. The fraction of sp³-hybridized carbons (Fsp3) is 0.179. The average molecular weight is 482 g/mol. The number of esters is 1. The number of hydrogen-bond acceptors (Lipinski definition) is 6. The lowest BCUT2D eigenvalue weighted by Crippen LogP contribution is -2.31. The highest BCUT2D eigenvalue weighted by Crippen LogP contribution is 2.23. The van der Waals surface area contributed by atoms with Crippen molar-refractivity contribution in [1.29, 1.82) is 0 Å². The molecule has 1 aliphatic heterocycles. The van der Waals surface area contributed by atoms with E-state index in [1.165, 1.54) is 9.47 Å². The summed E-state index contributed by atoms with van der Waals surface area (Å²) >= 11 is 0. The summed E-state index contributed by atoms with van der Waals surface area (Å²) < 4.78 is 6.56. The van der Waals surface area contributed by atoms with Gasteiger partial charge in [-0.1, -0.05) is 24.3 Å². The first-order valence-electron chi connectivity index (χ1n) is 11.7. The van der Waals surface area contributed by atoms with Gasteiger partial charge < -0.3 is 4.74 Å². The molecule has 0 bridgehead atoms. The third-order valence-corrected chi connectivity index (χ3v) is 6.14. The smallest absolute Gasteiger partial charge is 0.338 e. The van der Waals surface area contributed by atoms with E-state index in [-0.39, 0.29) is 30.5 Å². The Hall–Kier alpha value is -4.59. The first-order chi connectivity index (χ1) is 17.5. The predicted molar refractivity (Wildman–Crippen MR) is 133 cm³/mol. The van der Waals surface area contributed by atoms with Crippen LogP contribution in [0.1, 0.15) is 50.2 Å². The summed E-state index contributed by atoms with van der Waals surface area (Å²) in [4.78, 5) is 56.9. The van der Waals surface area contributed by atoms with E-state index in [9.17, 15) is 19.2 Å². The Labute approximate surface area is 206 Å². The number of aromatic nitrogens is 2. The molecule has 36 heavy (non-hydrogen) atoms. The quantitative estimate of drug-likeness (QED) is 0.294. The number of ether oxygens (including phenoxy) is 1. The molecule has 2 amide bonds. The van der Waals surface area contributed by atoms with Crippen LogP contribution in [0.15, 0.2) is 77.6 Å². The molecule has 3 aromatic carbocycles. The molecule has 2 heterocycles. The van der Waals surface area contributed by atoms with E-state index in [0.29, 0.717) is 51.9 Å². The van der Waals surface area contributed by atoms with Crippen molar-refractivity contribution in [2.45, 2.75) is 19.8 Å². The minimum Gasteiger partial charge on any atom is -0.462 e. The summed E-state index contributed by atoms with van der Waals surface area (Å²) in [6, 6.07) is 20.4. The number of amides is 2. The molecule has 0 spiro atoms. The number of rotatable bonds is 7. The Morgan fingerprint density at radius 2 is 1.50 bits per heavy atom. The highest BCUT2D eigenvalue weighted by molar-refractivity contribution is 6.21. The van der Waals surface area contributed by atoms with Crippen LogP contribution in [0.3, 0.4) is 0 Å². The summed E-state index contributed by atoms with van der Waals surface area (Å²) in [5.41, 5.74) is 2.09. The van der Waals surface area contributed by atoms with Crippen molar-refractivity contribution in [3.8, 4) is 5.69 Å². The lowest BCUT2D eigenvalue weighted by atomic mass is 10.1. The molecule has 5 rings (SSSR count). The third kappa shape index (κ3) is 4.07. The number of nitrogens with zero attached hydrogens (tertiary/aromatic N) is 3. The van der Waals surface area contributed by atoms with Crippen molar-refractivity contribution in [3.05, 3.63) is 106 Å². The zero-order valence-corrected chi connectivity index (χ0v) is 19.6. The second-order valence-corrected chi connectivity index (χ2v) is 8.36. The van der Waals surface area contributed by atoms with Gasteiger partial charge in [-0.3, -0.25) is 23.9 Å². The van der Waals surface area contributed by atoms with Gasteiger partial charge >= 0.3 is 5.97 Å². The summed E-state index contributed by atoms with van der Waals surface area (Å²) in [6.07, 6.45) is 0.782. The zero-order chi connectivity index (χ0) is 25.2. The predicted octanol–water partition coefficient (Wildman–Crippen LogP) is 3.79. The van der Waals surface area contributed by atoms with E-state index >= 15 is 0 Å². The Morgan fingerprint density at radius 3 is 2.17 bits per heavy atom. The van der Waals surface area contributed by atoms with Gasteiger partial charge in [0.25, 0.3) is 17.4 Å². The lowest BCUT2D eigenvalue weighted by molar-refractivity contribution is 0.0525. The van der Waals surface area contributed by atoms with Crippen LogP contribution >= 0.6 is 0 Å². The van der Waals surface area contributed by atoms with Crippen LogP contribution in [-0.2, 0) is 11.2 Å². The maximum Gasteiger partial charge on any atom is 0.338 e. The van der Waals surface area contributed by atoms with Gasteiger partial charge in [0.15, 0.2) is 0 Å². The molecule has 4 aromatic rings. The van der Waals surface area contributed by atoms with Crippen LogP contribution in [-0.4, -0.2) is 45.4 Å². The van der Waals surface area contributed by atoms with Crippen LogP contribution in [0.25, 0.3) is 16.6 Å².